The van der Waals surface area contributed by atoms with Gasteiger partial charge in [0.2, 0.25) is 17.7 Å². The minimum Gasteiger partial charge on any atom is -0.497 e. The maximum absolute atomic E-state index is 12.1. The first-order chi connectivity index (χ1) is 13.0. The number of benzene rings is 1. The van der Waals surface area contributed by atoms with Crippen LogP contribution in [0.25, 0.3) is 0 Å². The van der Waals surface area contributed by atoms with Gasteiger partial charge in [-0.15, -0.1) is 0 Å². The van der Waals surface area contributed by atoms with Crippen LogP contribution in [-0.4, -0.2) is 47.1 Å². The highest BCUT2D eigenvalue weighted by Gasteiger charge is 2.25. The molecule has 0 atom stereocenters. The van der Waals surface area contributed by atoms with Crippen molar-refractivity contribution in [3.8, 4) is 5.75 Å². The fourth-order valence-electron chi connectivity index (χ4n) is 3.16. The zero-order chi connectivity index (χ0) is 19.2. The highest BCUT2D eigenvalue weighted by Crippen LogP contribution is 2.25. The Hall–Kier alpha value is -2.90. The van der Waals surface area contributed by atoms with E-state index in [1.807, 2.05) is 29.2 Å². The molecule has 8 heteroatoms. The molecule has 2 aromatic rings. The number of piperidine rings is 1. The average molecular weight is 372 g/mol. The lowest BCUT2D eigenvalue weighted by atomic mass is 9.96. The van der Waals surface area contributed by atoms with Crippen LogP contribution in [0.5, 0.6) is 5.75 Å². The van der Waals surface area contributed by atoms with Crippen LogP contribution >= 0.6 is 0 Å². The van der Waals surface area contributed by atoms with E-state index in [0.717, 1.165) is 24.2 Å². The Bertz CT molecular complexity index is 797. The molecule has 0 aliphatic carbocycles. The van der Waals surface area contributed by atoms with Crippen molar-refractivity contribution >= 4 is 11.8 Å². The lowest BCUT2D eigenvalue weighted by molar-refractivity contribution is -0.129. The van der Waals surface area contributed by atoms with E-state index in [1.165, 1.54) is 0 Å². The topological polar surface area (TPSA) is 97.6 Å². The van der Waals surface area contributed by atoms with Crippen molar-refractivity contribution < 1.29 is 18.8 Å². The van der Waals surface area contributed by atoms with Crippen LogP contribution in [-0.2, 0) is 22.6 Å². The summed E-state index contributed by atoms with van der Waals surface area (Å²) in [4.78, 5) is 29.7. The van der Waals surface area contributed by atoms with E-state index in [2.05, 4.69) is 15.5 Å². The molecule has 1 aliphatic rings. The van der Waals surface area contributed by atoms with E-state index in [4.69, 9.17) is 9.26 Å². The van der Waals surface area contributed by atoms with E-state index >= 15 is 0 Å². The van der Waals surface area contributed by atoms with Crippen molar-refractivity contribution in [2.24, 2.45) is 0 Å². The van der Waals surface area contributed by atoms with Gasteiger partial charge in [-0.3, -0.25) is 9.59 Å². The van der Waals surface area contributed by atoms with Crippen LogP contribution < -0.4 is 10.1 Å². The van der Waals surface area contributed by atoms with E-state index < -0.39 is 0 Å². The molecular formula is C19H24N4O4. The molecule has 1 aromatic carbocycles. The van der Waals surface area contributed by atoms with Crippen molar-refractivity contribution in [2.75, 3.05) is 20.2 Å². The van der Waals surface area contributed by atoms with E-state index in [9.17, 15) is 9.59 Å². The molecule has 0 spiro atoms. The molecule has 1 fully saturated rings. The number of aromatic nitrogens is 2. The Morgan fingerprint density at radius 1 is 1.33 bits per heavy atom. The second-order valence-electron chi connectivity index (χ2n) is 6.63. The molecule has 0 radical (unpaired) electrons. The zero-order valence-electron chi connectivity index (χ0n) is 15.6. The quantitative estimate of drug-likeness (QED) is 0.828. The summed E-state index contributed by atoms with van der Waals surface area (Å²) >= 11 is 0. The standard InChI is InChI=1S/C19H24N4O4/c1-13(24)23-8-6-15(7-9-23)19-21-18(27-22-19)12-20-17(25)11-14-4-3-5-16(10-14)26-2/h3-5,10,15H,6-9,11-12H2,1-2H3,(H,20,25). The number of amides is 2. The van der Waals surface area contributed by atoms with Gasteiger partial charge in [0.15, 0.2) is 5.82 Å². The number of carbonyl (C=O) groups is 2. The second-order valence-corrected chi connectivity index (χ2v) is 6.63. The van der Waals surface area contributed by atoms with Gasteiger partial charge in [-0.2, -0.15) is 4.98 Å². The Balaban J connectivity index is 1.48. The Morgan fingerprint density at radius 2 is 2.11 bits per heavy atom. The number of rotatable bonds is 6. The second kappa shape index (κ2) is 8.66. The van der Waals surface area contributed by atoms with Gasteiger partial charge >= 0.3 is 0 Å². The first-order valence-corrected chi connectivity index (χ1v) is 9.02. The van der Waals surface area contributed by atoms with E-state index in [0.29, 0.717) is 24.8 Å². The van der Waals surface area contributed by atoms with Crippen LogP contribution in [0.15, 0.2) is 28.8 Å². The normalized spacial score (nSPS) is 14.8. The van der Waals surface area contributed by atoms with Gasteiger partial charge in [-0.25, -0.2) is 0 Å². The molecule has 1 aliphatic heterocycles. The predicted molar refractivity (Wildman–Crippen MR) is 97.1 cm³/mol. The van der Waals surface area contributed by atoms with Crippen molar-refractivity contribution in [2.45, 2.75) is 38.6 Å². The minimum atomic E-state index is -0.127. The number of hydrogen-bond acceptors (Lipinski definition) is 6. The van der Waals surface area contributed by atoms with Crippen LogP contribution in [0, 0.1) is 0 Å². The van der Waals surface area contributed by atoms with Gasteiger partial charge in [0.25, 0.3) is 0 Å². The Labute approximate surface area is 157 Å². The lowest BCUT2D eigenvalue weighted by Gasteiger charge is -2.29. The SMILES string of the molecule is COc1cccc(CC(=O)NCc2nc(C3CCN(C(C)=O)CC3)no2)c1. The fraction of sp³-hybridized carbons (Fsp3) is 0.474. The summed E-state index contributed by atoms with van der Waals surface area (Å²) in [5.74, 6) is 1.91. The number of ether oxygens (including phenoxy) is 1. The van der Waals surface area contributed by atoms with E-state index in [-0.39, 0.29) is 30.7 Å². The Kier molecular flexibility index (Phi) is 6.05. The molecule has 27 heavy (non-hydrogen) atoms. The molecule has 3 rings (SSSR count). The molecule has 1 N–H and O–H groups in total. The summed E-state index contributed by atoms with van der Waals surface area (Å²) in [6.07, 6.45) is 1.89. The molecule has 0 bridgehead atoms. The number of nitrogens with zero attached hydrogens (tertiary/aromatic N) is 3. The molecular weight excluding hydrogens is 348 g/mol. The largest absolute Gasteiger partial charge is 0.497 e. The van der Waals surface area contributed by atoms with Crippen molar-refractivity contribution in [3.63, 3.8) is 0 Å². The van der Waals surface area contributed by atoms with Crippen LogP contribution in [0.1, 0.15) is 43.0 Å². The lowest BCUT2D eigenvalue weighted by Crippen LogP contribution is -2.36. The van der Waals surface area contributed by atoms with Crippen molar-refractivity contribution in [1.82, 2.24) is 20.4 Å². The van der Waals surface area contributed by atoms with Crippen LogP contribution in [0.3, 0.4) is 0 Å². The van der Waals surface area contributed by atoms with Crippen molar-refractivity contribution in [1.29, 1.82) is 0 Å². The maximum atomic E-state index is 12.1. The molecule has 144 valence electrons. The smallest absolute Gasteiger partial charge is 0.246 e. The Morgan fingerprint density at radius 3 is 2.81 bits per heavy atom. The predicted octanol–water partition coefficient (Wildman–Crippen LogP) is 1.66. The summed E-state index contributed by atoms with van der Waals surface area (Å²) in [5, 5.41) is 6.83. The third-order valence-corrected chi connectivity index (χ3v) is 4.72. The number of nitrogens with one attached hydrogen (secondary N) is 1. The molecule has 2 heterocycles. The van der Waals surface area contributed by atoms with Gasteiger partial charge in [0, 0.05) is 25.9 Å². The number of hydrogen-bond donors (Lipinski definition) is 1. The zero-order valence-corrected chi connectivity index (χ0v) is 15.6. The third kappa shape index (κ3) is 5.06. The van der Waals surface area contributed by atoms with E-state index in [1.54, 1.807) is 14.0 Å². The monoisotopic (exact) mass is 372 g/mol. The van der Waals surface area contributed by atoms with Crippen molar-refractivity contribution in [3.05, 3.63) is 41.5 Å². The summed E-state index contributed by atoms with van der Waals surface area (Å²) in [6, 6.07) is 7.39. The van der Waals surface area contributed by atoms with Gasteiger partial charge in [0.1, 0.15) is 5.75 Å². The van der Waals surface area contributed by atoms with Crippen LogP contribution in [0.2, 0.25) is 0 Å². The highest BCUT2D eigenvalue weighted by molar-refractivity contribution is 5.78. The van der Waals surface area contributed by atoms with Gasteiger partial charge in [0.05, 0.1) is 20.1 Å². The number of likely N-dealkylation sites (tertiary alicyclic amines) is 1. The van der Waals surface area contributed by atoms with Gasteiger partial charge in [-0.1, -0.05) is 17.3 Å². The molecule has 0 unspecified atom stereocenters. The van der Waals surface area contributed by atoms with Gasteiger partial charge in [-0.05, 0) is 30.5 Å². The molecule has 0 saturated carbocycles. The molecule has 1 saturated heterocycles. The van der Waals surface area contributed by atoms with Gasteiger partial charge < -0.3 is 19.5 Å². The number of methoxy groups -OCH3 is 1. The maximum Gasteiger partial charge on any atom is 0.246 e. The average Bonchev–Trinajstić information content (AvgIpc) is 3.15. The highest BCUT2D eigenvalue weighted by atomic mass is 16.5. The third-order valence-electron chi connectivity index (χ3n) is 4.72. The number of carbonyl (C=O) groups excluding carboxylic acids is 2. The molecule has 2 amide bonds. The first kappa shape index (κ1) is 18.9. The summed E-state index contributed by atoms with van der Waals surface area (Å²) in [5.41, 5.74) is 0.871. The summed E-state index contributed by atoms with van der Waals surface area (Å²) in [6.45, 7) is 3.20. The summed E-state index contributed by atoms with van der Waals surface area (Å²) < 4.78 is 10.4. The minimum absolute atomic E-state index is 0.0981. The molecule has 1 aromatic heterocycles. The molecule has 8 nitrogen and oxygen atoms in total. The first-order valence-electron chi connectivity index (χ1n) is 9.02. The summed E-state index contributed by atoms with van der Waals surface area (Å²) in [7, 11) is 1.59. The van der Waals surface area contributed by atoms with Crippen LogP contribution in [0.4, 0.5) is 0 Å². The fourth-order valence-corrected chi connectivity index (χ4v) is 3.16.